The maximum Gasteiger partial charge on any atom is 0.140 e. The zero-order chi connectivity index (χ0) is 13.8. The van der Waals surface area contributed by atoms with Crippen LogP contribution >= 0.6 is 0 Å². The number of nitrogens with zero attached hydrogens (tertiary/aromatic N) is 3. The summed E-state index contributed by atoms with van der Waals surface area (Å²) in [6.45, 7) is 11.0. The monoisotopic (exact) mass is 264 g/mol. The van der Waals surface area contributed by atoms with E-state index in [0.717, 1.165) is 30.7 Å². The molecule has 0 amide bonds. The largest absolute Gasteiger partial charge is 0.307 e. The highest BCUT2D eigenvalue weighted by Gasteiger charge is 2.26. The van der Waals surface area contributed by atoms with Gasteiger partial charge in [0, 0.05) is 12.6 Å². The standard InChI is InChI=1S/C15H28N4/c1-11(2)9-19-15(17-10-18-19)8-16-14-7-5-6-12(3)13(14)4/h10-14,16H,5-9H2,1-4H3. The molecule has 0 saturated heterocycles. The maximum absolute atomic E-state index is 4.39. The summed E-state index contributed by atoms with van der Waals surface area (Å²) in [5, 5.41) is 8.01. The van der Waals surface area contributed by atoms with Crippen molar-refractivity contribution in [2.45, 2.75) is 66.1 Å². The number of nitrogens with one attached hydrogen (secondary N) is 1. The fourth-order valence-corrected chi connectivity index (χ4v) is 3.02. The molecule has 1 aromatic heterocycles. The summed E-state index contributed by atoms with van der Waals surface area (Å²) in [6, 6.07) is 0.632. The van der Waals surface area contributed by atoms with Crippen LogP contribution in [0.1, 0.15) is 52.8 Å². The van der Waals surface area contributed by atoms with E-state index in [4.69, 9.17) is 0 Å². The lowest BCUT2D eigenvalue weighted by Gasteiger charge is -2.34. The second-order valence-corrected chi connectivity index (χ2v) is 6.51. The Morgan fingerprint density at radius 3 is 2.89 bits per heavy atom. The lowest BCUT2D eigenvalue weighted by Crippen LogP contribution is -2.40. The van der Waals surface area contributed by atoms with Crippen molar-refractivity contribution in [2.75, 3.05) is 0 Å². The molecule has 1 saturated carbocycles. The normalized spacial score (nSPS) is 27.9. The van der Waals surface area contributed by atoms with Crippen molar-refractivity contribution in [3.05, 3.63) is 12.2 Å². The average Bonchev–Trinajstić information content (AvgIpc) is 2.78. The van der Waals surface area contributed by atoms with E-state index in [0.29, 0.717) is 12.0 Å². The molecular formula is C15H28N4. The first-order chi connectivity index (χ1) is 9.08. The Bertz CT molecular complexity index is 385. The first kappa shape index (κ1) is 14.5. The maximum atomic E-state index is 4.39. The summed E-state index contributed by atoms with van der Waals surface area (Å²) in [4.78, 5) is 4.39. The van der Waals surface area contributed by atoms with Gasteiger partial charge in [-0.2, -0.15) is 5.10 Å². The topological polar surface area (TPSA) is 42.7 Å². The third-order valence-electron chi connectivity index (χ3n) is 4.46. The van der Waals surface area contributed by atoms with E-state index in [2.05, 4.69) is 43.1 Å². The molecule has 0 radical (unpaired) electrons. The van der Waals surface area contributed by atoms with Crippen LogP contribution in [0.2, 0.25) is 0 Å². The fourth-order valence-electron chi connectivity index (χ4n) is 3.02. The van der Waals surface area contributed by atoms with Crippen LogP contribution in [0.25, 0.3) is 0 Å². The van der Waals surface area contributed by atoms with Crippen LogP contribution in [0.4, 0.5) is 0 Å². The van der Waals surface area contributed by atoms with Gasteiger partial charge < -0.3 is 5.32 Å². The molecule has 1 N–H and O–H groups in total. The van der Waals surface area contributed by atoms with Crippen LogP contribution in [-0.4, -0.2) is 20.8 Å². The van der Waals surface area contributed by atoms with Gasteiger partial charge in [0.15, 0.2) is 0 Å². The summed E-state index contributed by atoms with van der Waals surface area (Å²) in [6.07, 6.45) is 5.70. The second kappa shape index (κ2) is 6.51. The predicted octanol–water partition coefficient (Wildman–Crippen LogP) is 2.85. The highest BCUT2D eigenvalue weighted by Crippen LogP contribution is 2.29. The first-order valence-corrected chi connectivity index (χ1v) is 7.68. The fraction of sp³-hybridized carbons (Fsp3) is 0.867. The first-order valence-electron chi connectivity index (χ1n) is 7.68. The van der Waals surface area contributed by atoms with Crippen molar-refractivity contribution in [1.82, 2.24) is 20.1 Å². The van der Waals surface area contributed by atoms with Gasteiger partial charge in [-0.1, -0.05) is 40.5 Å². The van der Waals surface area contributed by atoms with E-state index in [1.54, 1.807) is 6.33 Å². The molecule has 3 unspecified atom stereocenters. The molecule has 0 bridgehead atoms. The van der Waals surface area contributed by atoms with Crippen molar-refractivity contribution < 1.29 is 0 Å². The molecule has 1 heterocycles. The van der Waals surface area contributed by atoms with Crippen LogP contribution in [0.5, 0.6) is 0 Å². The Morgan fingerprint density at radius 2 is 2.16 bits per heavy atom. The Kier molecular flexibility index (Phi) is 4.97. The highest BCUT2D eigenvalue weighted by atomic mass is 15.3. The van der Waals surface area contributed by atoms with E-state index in [9.17, 15) is 0 Å². The summed E-state index contributed by atoms with van der Waals surface area (Å²) >= 11 is 0. The molecule has 1 aromatic rings. The minimum atomic E-state index is 0.606. The minimum Gasteiger partial charge on any atom is -0.307 e. The zero-order valence-electron chi connectivity index (χ0n) is 12.8. The zero-order valence-corrected chi connectivity index (χ0v) is 12.8. The molecule has 19 heavy (non-hydrogen) atoms. The molecule has 0 aliphatic heterocycles. The number of hydrogen-bond donors (Lipinski definition) is 1. The van der Waals surface area contributed by atoms with Crippen LogP contribution < -0.4 is 5.32 Å². The van der Waals surface area contributed by atoms with Crippen LogP contribution in [0, 0.1) is 17.8 Å². The van der Waals surface area contributed by atoms with Gasteiger partial charge in [0.05, 0.1) is 6.54 Å². The lowest BCUT2D eigenvalue weighted by atomic mass is 9.78. The molecule has 0 spiro atoms. The van der Waals surface area contributed by atoms with Crippen molar-refractivity contribution in [3.63, 3.8) is 0 Å². The Hall–Kier alpha value is -0.900. The average molecular weight is 264 g/mol. The second-order valence-electron chi connectivity index (χ2n) is 6.51. The smallest absolute Gasteiger partial charge is 0.140 e. The molecule has 0 aromatic carbocycles. The van der Waals surface area contributed by atoms with Gasteiger partial charge in [0.25, 0.3) is 0 Å². The molecule has 2 rings (SSSR count). The summed E-state index contributed by atoms with van der Waals surface area (Å²) < 4.78 is 2.04. The Labute approximate surface area is 117 Å². The van der Waals surface area contributed by atoms with Crippen molar-refractivity contribution in [2.24, 2.45) is 17.8 Å². The van der Waals surface area contributed by atoms with Gasteiger partial charge in [0.2, 0.25) is 0 Å². The molecular weight excluding hydrogens is 236 g/mol. The molecule has 4 heteroatoms. The summed E-state index contributed by atoms with van der Waals surface area (Å²) in [7, 11) is 0. The van der Waals surface area contributed by atoms with Crippen LogP contribution in [-0.2, 0) is 13.1 Å². The Balaban J connectivity index is 1.89. The van der Waals surface area contributed by atoms with Crippen molar-refractivity contribution >= 4 is 0 Å². The predicted molar refractivity (Wildman–Crippen MR) is 77.7 cm³/mol. The minimum absolute atomic E-state index is 0.606. The van der Waals surface area contributed by atoms with Crippen molar-refractivity contribution in [3.8, 4) is 0 Å². The third kappa shape index (κ3) is 3.78. The molecule has 1 aliphatic rings. The number of aromatic nitrogens is 3. The van der Waals surface area contributed by atoms with Gasteiger partial charge in [-0.25, -0.2) is 9.67 Å². The van der Waals surface area contributed by atoms with Gasteiger partial charge in [-0.15, -0.1) is 0 Å². The molecule has 1 fully saturated rings. The van der Waals surface area contributed by atoms with Gasteiger partial charge in [-0.3, -0.25) is 0 Å². The highest BCUT2D eigenvalue weighted by molar-refractivity contribution is 4.88. The van der Waals surface area contributed by atoms with E-state index >= 15 is 0 Å². The SMILES string of the molecule is CC(C)Cn1ncnc1CNC1CCCC(C)C1C. The van der Waals surface area contributed by atoms with Crippen LogP contribution in [0.3, 0.4) is 0 Å². The lowest BCUT2D eigenvalue weighted by molar-refractivity contribution is 0.204. The molecule has 108 valence electrons. The molecule has 1 aliphatic carbocycles. The van der Waals surface area contributed by atoms with Gasteiger partial charge in [-0.05, 0) is 24.2 Å². The number of hydrogen-bond acceptors (Lipinski definition) is 3. The summed E-state index contributed by atoms with van der Waals surface area (Å²) in [5.41, 5.74) is 0. The van der Waals surface area contributed by atoms with E-state index in [-0.39, 0.29) is 0 Å². The molecule has 4 nitrogen and oxygen atoms in total. The third-order valence-corrected chi connectivity index (χ3v) is 4.46. The van der Waals surface area contributed by atoms with E-state index < -0.39 is 0 Å². The van der Waals surface area contributed by atoms with Crippen LogP contribution in [0.15, 0.2) is 6.33 Å². The van der Waals surface area contributed by atoms with E-state index in [1.165, 1.54) is 19.3 Å². The Morgan fingerprint density at radius 1 is 1.37 bits per heavy atom. The van der Waals surface area contributed by atoms with Crippen molar-refractivity contribution in [1.29, 1.82) is 0 Å². The quantitative estimate of drug-likeness (QED) is 0.889. The van der Waals surface area contributed by atoms with E-state index in [1.807, 2.05) is 4.68 Å². The molecule has 3 atom stereocenters. The van der Waals surface area contributed by atoms with Gasteiger partial charge >= 0.3 is 0 Å². The number of rotatable bonds is 5. The van der Waals surface area contributed by atoms with Gasteiger partial charge in [0.1, 0.15) is 12.2 Å². The summed E-state index contributed by atoms with van der Waals surface area (Å²) in [5.74, 6) is 3.27.